The van der Waals surface area contributed by atoms with Gasteiger partial charge in [0.2, 0.25) is 10.0 Å². The van der Waals surface area contributed by atoms with E-state index in [0.29, 0.717) is 18.8 Å². The van der Waals surface area contributed by atoms with Gasteiger partial charge in [-0.05, 0) is 68.5 Å². The first-order chi connectivity index (χ1) is 14.9. The quantitative estimate of drug-likeness (QED) is 0.750. The zero-order valence-corrected chi connectivity index (χ0v) is 18.5. The van der Waals surface area contributed by atoms with E-state index in [9.17, 15) is 17.6 Å². The minimum atomic E-state index is -3.68. The van der Waals surface area contributed by atoms with E-state index in [1.165, 1.54) is 22.5 Å². The predicted molar refractivity (Wildman–Crippen MR) is 120 cm³/mol. The summed E-state index contributed by atoms with van der Waals surface area (Å²) < 4.78 is 42.1. The summed E-state index contributed by atoms with van der Waals surface area (Å²) in [6.07, 6.45) is 4.73. The molecule has 0 unspecified atom stereocenters. The number of halogens is 1. The Morgan fingerprint density at radius 3 is 2.29 bits per heavy atom. The summed E-state index contributed by atoms with van der Waals surface area (Å²) in [5, 5.41) is 2.63. The molecule has 2 fully saturated rings. The summed E-state index contributed by atoms with van der Waals surface area (Å²) in [5.41, 5.74) is 1.76. The van der Waals surface area contributed by atoms with Crippen molar-refractivity contribution in [2.24, 2.45) is 0 Å². The van der Waals surface area contributed by atoms with Crippen LogP contribution in [0.2, 0.25) is 0 Å². The number of rotatable bonds is 5. The van der Waals surface area contributed by atoms with Gasteiger partial charge < -0.3 is 10.2 Å². The molecule has 0 aromatic heterocycles. The van der Waals surface area contributed by atoms with Crippen molar-refractivity contribution >= 4 is 27.3 Å². The molecule has 8 heteroatoms. The van der Waals surface area contributed by atoms with E-state index in [2.05, 4.69) is 10.2 Å². The third kappa shape index (κ3) is 4.60. The minimum absolute atomic E-state index is 0.0762. The number of hydrogen-bond acceptors (Lipinski definition) is 4. The molecule has 0 aliphatic carbocycles. The molecule has 31 heavy (non-hydrogen) atoms. The first-order valence-electron chi connectivity index (χ1n) is 10.8. The normalized spacial score (nSPS) is 17.7. The van der Waals surface area contributed by atoms with Crippen LogP contribution in [0.3, 0.4) is 0 Å². The highest BCUT2D eigenvalue weighted by Gasteiger charge is 2.29. The number of nitrogens with zero attached hydrogens (tertiary/aromatic N) is 2. The maximum atomic E-state index is 14.3. The highest BCUT2D eigenvalue weighted by atomic mass is 32.2. The van der Waals surface area contributed by atoms with Crippen molar-refractivity contribution < 1.29 is 17.6 Å². The molecule has 0 atom stereocenters. The van der Waals surface area contributed by atoms with Gasteiger partial charge in [-0.2, -0.15) is 4.31 Å². The van der Waals surface area contributed by atoms with E-state index in [4.69, 9.17) is 0 Å². The Morgan fingerprint density at radius 1 is 0.935 bits per heavy atom. The standard InChI is InChI=1S/C23H28FN3O3S/c1-17-7-9-21(20(24)15-17)25-23(28)19-16-18(8-10-22(19)26-11-5-6-12-26)31(29,30)27-13-3-2-4-14-27/h7-10,15-16H,2-6,11-14H2,1H3,(H,25,28). The average Bonchev–Trinajstić information content (AvgIpc) is 3.30. The molecule has 2 aromatic rings. The molecule has 0 saturated carbocycles. The predicted octanol–water partition coefficient (Wildman–Crippen LogP) is 4.16. The second-order valence-electron chi connectivity index (χ2n) is 8.28. The van der Waals surface area contributed by atoms with Gasteiger partial charge in [-0.25, -0.2) is 12.8 Å². The molecule has 1 N–H and O–H groups in total. The van der Waals surface area contributed by atoms with Gasteiger partial charge in [0.25, 0.3) is 5.91 Å². The number of amides is 1. The summed E-state index contributed by atoms with van der Waals surface area (Å²) >= 11 is 0. The maximum Gasteiger partial charge on any atom is 0.257 e. The Labute approximate surface area is 183 Å². The zero-order valence-electron chi connectivity index (χ0n) is 17.7. The fourth-order valence-electron chi connectivity index (χ4n) is 4.26. The van der Waals surface area contributed by atoms with E-state index < -0.39 is 21.7 Å². The third-order valence-corrected chi connectivity index (χ3v) is 7.88. The van der Waals surface area contributed by atoms with E-state index in [0.717, 1.165) is 50.8 Å². The number of sulfonamides is 1. The molecule has 6 nitrogen and oxygen atoms in total. The SMILES string of the molecule is Cc1ccc(NC(=O)c2cc(S(=O)(=O)N3CCCCC3)ccc2N2CCCC2)c(F)c1. The Bertz CT molecular complexity index is 1080. The zero-order chi connectivity index (χ0) is 22.0. The average molecular weight is 446 g/mol. The second kappa shape index (κ2) is 8.96. The van der Waals surface area contributed by atoms with Gasteiger partial charge in [0.1, 0.15) is 5.82 Å². The molecule has 2 aliphatic rings. The lowest BCUT2D eigenvalue weighted by Gasteiger charge is -2.27. The van der Waals surface area contributed by atoms with Gasteiger partial charge in [0.15, 0.2) is 0 Å². The molecular weight excluding hydrogens is 417 g/mol. The number of piperidine rings is 1. The minimum Gasteiger partial charge on any atom is -0.371 e. The van der Waals surface area contributed by atoms with Gasteiger partial charge in [0.05, 0.1) is 16.1 Å². The Balaban J connectivity index is 1.70. The van der Waals surface area contributed by atoms with Gasteiger partial charge in [-0.3, -0.25) is 4.79 Å². The Kier molecular flexibility index (Phi) is 6.29. The number of hydrogen-bond donors (Lipinski definition) is 1. The van der Waals surface area contributed by atoms with Gasteiger partial charge >= 0.3 is 0 Å². The van der Waals surface area contributed by atoms with E-state index in [-0.39, 0.29) is 16.1 Å². The van der Waals surface area contributed by atoms with Crippen LogP contribution in [-0.4, -0.2) is 44.8 Å². The van der Waals surface area contributed by atoms with Crippen LogP contribution < -0.4 is 10.2 Å². The lowest BCUT2D eigenvalue weighted by atomic mass is 10.1. The number of anilines is 2. The van der Waals surface area contributed by atoms with Crippen LogP contribution >= 0.6 is 0 Å². The smallest absolute Gasteiger partial charge is 0.257 e. The first kappa shape index (κ1) is 21.8. The lowest BCUT2D eigenvalue weighted by Crippen LogP contribution is -2.35. The number of carbonyl (C=O) groups is 1. The number of nitrogens with one attached hydrogen (secondary N) is 1. The Morgan fingerprint density at radius 2 is 1.61 bits per heavy atom. The van der Waals surface area contributed by atoms with Crippen molar-refractivity contribution in [1.29, 1.82) is 0 Å². The molecule has 2 aliphatic heterocycles. The molecule has 2 aromatic carbocycles. The van der Waals surface area contributed by atoms with Crippen LogP contribution in [0.25, 0.3) is 0 Å². The summed E-state index contributed by atoms with van der Waals surface area (Å²) in [4.78, 5) is 15.4. The fourth-order valence-corrected chi connectivity index (χ4v) is 5.80. The maximum absolute atomic E-state index is 14.3. The van der Waals surface area contributed by atoms with Gasteiger partial charge in [0, 0.05) is 31.9 Å². The number of carbonyl (C=O) groups excluding carboxylic acids is 1. The van der Waals surface area contributed by atoms with Crippen molar-refractivity contribution in [3.8, 4) is 0 Å². The number of benzene rings is 2. The van der Waals surface area contributed by atoms with Crippen molar-refractivity contribution in [3.63, 3.8) is 0 Å². The van der Waals surface area contributed by atoms with E-state index in [1.54, 1.807) is 25.1 Å². The molecule has 0 radical (unpaired) electrons. The van der Waals surface area contributed by atoms with Crippen LogP contribution in [-0.2, 0) is 10.0 Å². The largest absolute Gasteiger partial charge is 0.371 e. The topological polar surface area (TPSA) is 69.7 Å². The van der Waals surface area contributed by atoms with Gasteiger partial charge in [-0.15, -0.1) is 0 Å². The molecule has 166 valence electrons. The molecule has 4 rings (SSSR count). The Hall–Kier alpha value is -2.45. The summed E-state index contributed by atoms with van der Waals surface area (Å²) in [6, 6.07) is 9.33. The number of aryl methyl sites for hydroxylation is 1. The van der Waals surface area contributed by atoms with Crippen LogP contribution in [0.5, 0.6) is 0 Å². The van der Waals surface area contributed by atoms with Crippen molar-refractivity contribution in [2.75, 3.05) is 36.4 Å². The van der Waals surface area contributed by atoms with Crippen LogP contribution in [0, 0.1) is 12.7 Å². The molecule has 0 spiro atoms. The van der Waals surface area contributed by atoms with Crippen molar-refractivity contribution in [1.82, 2.24) is 4.31 Å². The fraction of sp³-hybridized carbons (Fsp3) is 0.435. The first-order valence-corrected chi connectivity index (χ1v) is 12.3. The van der Waals surface area contributed by atoms with Crippen LogP contribution in [0.15, 0.2) is 41.3 Å². The van der Waals surface area contributed by atoms with Crippen LogP contribution in [0.1, 0.15) is 48.0 Å². The second-order valence-corrected chi connectivity index (χ2v) is 10.2. The lowest BCUT2D eigenvalue weighted by molar-refractivity contribution is 0.102. The van der Waals surface area contributed by atoms with Crippen molar-refractivity contribution in [2.45, 2.75) is 43.9 Å². The summed E-state index contributed by atoms with van der Waals surface area (Å²) in [5.74, 6) is -1.03. The summed E-state index contributed by atoms with van der Waals surface area (Å²) in [7, 11) is -3.68. The molecule has 2 heterocycles. The van der Waals surface area contributed by atoms with Gasteiger partial charge in [-0.1, -0.05) is 12.5 Å². The monoisotopic (exact) mass is 445 g/mol. The molecule has 1 amide bonds. The molecule has 0 bridgehead atoms. The van der Waals surface area contributed by atoms with E-state index in [1.807, 2.05) is 0 Å². The molecule has 2 saturated heterocycles. The molecular formula is C23H28FN3O3S. The highest BCUT2D eigenvalue weighted by Crippen LogP contribution is 2.30. The van der Waals surface area contributed by atoms with Crippen molar-refractivity contribution in [3.05, 3.63) is 53.3 Å². The van der Waals surface area contributed by atoms with Crippen LogP contribution in [0.4, 0.5) is 15.8 Å². The third-order valence-electron chi connectivity index (χ3n) is 5.98. The highest BCUT2D eigenvalue weighted by molar-refractivity contribution is 7.89. The van der Waals surface area contributed by atoms with E-state index >= 15 is 0 Å². The summed E-state index contributed by atoms with van der Waals surface area (Å²) in [6.45, 7) is 4.36.